The van der Waals surface area contributed by atoms with E-state index in [0.29, 0.717) is 35.6 Å². The zero-order valence-electron chi connectivity index (χ0n) is 16.1. The van der Waals surface area contributed by atoms with E-state index in [2.05, 4.69) is 29.4 Å². The van der Waals surface area contributed by atoms with Crippen molar-refractivity contribution < 1.29 is 9.18 Å². The van der Waals surface area contributed by atoms with E-state index in [4.69, 9.17) is 0 Å². The van der Waals surface area contributed by atoms with Crippen molar-refractivity contribution >= 4 is 29.0 Å². The zero-order valence-corrected chi connectivity index (χ0v) is 17.7. The molecule has 0 aliphatic rings. The third-order valence-electron chi connectivity index (χ3n) is 4.05. The zero-order chi connectivity index (χ0) is 20.1. The fourth-order valence-corrected chi connectivity index (χ4v) is 4.22. The van der Waals surface area contributed by atoms with E-state index < -0.39 is 0 Å². The molecule has 0 aliphatic heterocycles. The number of aromatic nitrogens is 3. The fraction of sp³-hybridized carbons (Fsp3) is 0.350. The third-order valence-corrected chi connectivity index (χ3v) is 6.00. The SMILES string of the molecule is CC(C)Cn1c(SC(C)C(=O)NCc2cccs2)nnc1-c1ccccc1F. The number of carbonyl (C=O) groups excluding carboxylic acids is 1. The highest BCUT2D eigenvalue weighted by atomic mass is 32.2. The lowest BCUT2D eigenvalue weighted by Gasteiger charge is -2.15. The molecule has 2 heterocycles. The Morgan fingerprint density at radius 2 is 2.00 bits per heavy atom. The van der Waals surface area contributed by atoms with Crippen LogP contribution >= 0.6 is 23.1 Å². The summed E-state index contributed by atoms with van der Waals surface area (Å²) in [6.45, 7) is 7.15. The summed E-state index contributed by atoms with van der Waals surface area (Å²) < 4.78 is 16.2. The summed E-state index contributed by atoms with van der Waals surface area (Å²) in [5, 5.41) is 13.7. The Hall–Kier alpha value is -2.19. The minimum Gasteiger partial charge on any atom is -0.350 e. The molecule has 0 radical (unpaired) electrons. The molecule has 8 heteroatoms. The van der Waals surface area contributed by atoms with E-state index >= 15 is 0 Å². The lowest BCUT2D eigenvalue weighted by atomic mass is 10.2. The molecule has 1 unspecified atom stereocenters. The van der Waals surface area contributed by atoms with E-state index in [1.54, 1.807) is 29.5 Å². The average Bonchev–Trinajstić information content (AvgIpc) is 3.30. The summed E-state index contributed by atoms with van der Waals surface area (Å²) in [7, 11) is 0. The number of carbonyl (C=O) groups is 1. The van der Waals surface area contributed by atoms with Crippen LogP contribution in [0.15, 0.2) is 46.9 Å². The number of nitrogens with zero attached hydrogens (tertiary/aromatic N) is 3. The van der Waals surface area contributed by atoms with Gasteiger partial charge in [-0.1, -0.05) is 43.8 Å². The van der Waals surface area contributed by atoms with Gasteiger partial charge in [-0.25, -0.2) is 4.39 Å². The van der Waals surface area contributed by atoms with Crippen molar-refractivity contribution in [3.05, 3.63) is 52.5 Å². The quantitative estimate of drug-likeness (QED) is 0.543. The topological polar surface area (TPSA) is 59.8 Å². The number of hydrogen-bond donors (Lipinski definition) is 1. The molecular formula is C20H23FN4OS2. The molecule has 3 aromatic rings. The Bertz CT molecular complexity index is 924. The highest BCUT2D eigenvalue weighted by molar-refractivity contribution is 8.00. The van der Waals surface area contributed by atoms with E-state index in [1.165, 1.54) is 17.8 Å². The summed E-state index contributed by atoms with van der Waals surface area (Å²) in [6.07, 6.45) is 0. The molecule has 0 aliphatic carbocycles. The van der Waals surface area contributed by atoms with E-state index in [9.17, 15) is 9.18 Å². The van der Waals surface area contributed by atoms with Gasteiger partial charge in [-0.2, -0.15) is 0 Å². The lowest BCUT2D eigenvalue weighted by Crippen LogP contribution is -2.30. The van der Waals surface area contributed by atoms with Gasteiger partial charge < -0.3 is 9.88 Å². The van der Waals surface area contributed by atoms with Crippen molar-refractivity contribution in [3.63, 3.8) is 0 Å². The first-order chi connectivity index (χ1) is 13.5. The van der Waals surface area contributed by atoms with Crippen LogP contribution in [0.3, 0.4) is 0 Å². The Kier molecular flexibility index (Phi) is 6.85. The van der Waals surface area contributed by atoms with E-state index in [0.717, 1.165) is 4.88 Å². The van der Waals surface area contributed by atoms with Crippen molar-refractivity contribution in [1.82, 2.24) is 20.1 Å². The molecule has 1 atom stereocenters. The Morgan fingerprint density at radius 3 is 2.68 bits per heavy atom. The predicted molar refractivity (Wildman–Crippen MR) is 112 cm³/mol. The largest absolute Gasteiger partial charge is 0.350 e. The second-order valence-electron chi connectivity index (χ2n) is 6.85. The predicted octanol–water partition coefficient (Wildman–Crippen LogP) is 4.60. The van der Waals surface area contributed by atoms with E-state index in [-0.39, 0.29) is 17.0 Å². The summed E-state index contributed by atoms with van der Waals surface area (Å²) in [4.78, 5) is 13.6. The van der Waals surface area contributed by atoms with Crippen LogP contribution in [0.4, 0.5) is 4.39 Å². The summed E-state index contributed by atoms with van der Waals surface area (Å²) in [5.74, 6) is 0.410. The Labute approximate surface area is 172 Å². The van der Waals surface area contributed by atoms with Crippen molar-refractivity contribution in [2.45, 2.75) is 44.3 Å². The first-order valence-corrected chi connectivity index (χ1v) is 10.9. The van der Waals surface area contributed by atoms with Crippen LogP contribution in [0.25, 0.3) is 11.4 Å². The number of halogens is 1. The van der Waals surface area contributed by atoms with E-state index in [1.807, 2.05) is 29.0 Å². The second-order valence-corrected chi connectivity index (χ2v) is 9.19. The number of hydrogen-bond acceptors (Lipinski definition) is 5. The summed E-state index contributed by atoms with van der Waals surface area (Å²) >= 11 is 2.95. The van der Waals surface area contributed by atoms with Crippen LogP contribution in [-0.4, -0.2) is 25.9 Å². The van der Waals surface area contributed by atoms with Crippen LogP contribution in [0.5, 0.6) is 0 Å². The van der Waals surface area contributed by atoms with Crippen molar-refractivity contribution in [1.29, 1.82) is 0 Å². The molecule has 2 aromatic heterocycles. The van der Waals surface area contributed by atoms with Gasteiger partial charge in [-0.3, -0.25) is 4.79 Å². The Morgan fingerprint density at radius 1 is 1.21 bits per heavy atom. The molecule has 0 fully saturated rings. The van der Waals surface area contributed by atoms with Crippen molar-refractivity contribution in [3.8, 4) is 11.4 Å². The van der Waals surface area contributed by atoms with Crippen LogP contribution < -0.4 is 5.32 Å². The standard InChI is InChI=1S/C20H23FN4OS2/c1-13(2)12-25-18(16-8-4-5-9-17(16)21)23-24-20(25)28-14(3)19(26)22-11-15-7-6-10-27-15/h4-10,13-14H,11-12H2,1-3H3,(H,22,26). The first kappa shape index (κ1) is 20.5. The number of benzene rings is 1. The van der Waals surface area contributed by atoms with Crippen LogP contribution in [0.1, 0.15) is 25.6 Å². The molecule has 5 nitrogen and oxygen atoms in total. The van der Waals surface area contributed by atoms with Gasteiger partial charge in [0.15, 0.2) is 11.0 Å². The Balaban J connectivity index is 1.77. The maximum atomic E-state index is 14.3. The highest BCUT2D eigenvalue weighted by Crippen LogP contribution is 2.29. The van der Waals surface area contributed by atoms with Crippen molar-refractivity contribution in [2.75, 3.05) is 0 Å². The van der Waals surface area contributed by atoms with Crippen LogP contribution in [-0.2, 0) is 17.9 Å². The molecule has 0 saturated heterocycles. The number of thiophene rings is 1. The molecule has 1 amide bonds. The molecule has 1 aromatic carbocycles. The van der Waals surface area contributed by atoms with Gasteiger partial charge in [0.1, 0.15) is 5.82 Å². The van der Waals surface area contributed by atoms with Crippen LogP contribution in [0, 0.1) is 11.7 Å². The average molecular weight is 419 g/mol. The van der Waals surface area contributed by atoms with Crippen LogP contribution in [0.2, 0.25) is 0 Å². The van der Waals surface area contributed by atoms with Gasteiger partial charge in [-0.05, 0) is 36.4 Å². The molecular weight excluding hydrogens is 395 g/mol. The van der Waals surface area contributed by atoms with Crippen molar-refractivity contribution in [2.24, 2.45) is 5.92 Å². The normalized spacial score (nSPS) is 12.3. The molecule has 0 spiro atoms. The third kappa shape index (κ3) is 4.99. The molecule has 3 rings (SSSR count). The number of rotatable bonds is 8. The number of nitrogens with one attached hydrogen (secondary N) is 1. The number of thioether (sulfide) groups is 1. The highest BCUT2D eigenvalue weighted by Gasteiger charge is 2.22. The maximum absolute atomic E-state index is 14.3. The monoisotopic (exact) mass is 418 g/mol. The minimum absolute atomic E-state index is 0.0649. The maximum Gasteiger partial charge on any atom is 0.233 e. The fourth-order valence-electron chi connectivity index (χ4n) is 2.69. The molecule has 1 N–H and O–H groups in total. The van der Waals surface area contributed by atoms with Gasteiger partial charge in [0.05, 0.1) is 17.4 Å². The smallest absolute Gasteiger partial charge is 0.233 e. The first-order valence-electron chi connectivity index (χ1n) is 9.10. The van der Waals surface area contributed by atoms with Gasteiger partial charge in [0, 0.05) is 11.4 Å². The summed E-state index contributed by atoms with van der Waals surface area (Å²) in [5.41, 5.74) is 0.414. The van der Waals surface area contributed by atoms with Gasteiger partial charge in [0.2, 0.25) is 5.91 Å². The summed E-state index contributed by atoms with van der Waals surface area (Å²) in [6, 6.07) is 10.5. The molecule has 0 bridgehead atoms. The van der Waals surface area contributed by atoms with Gasteiger partial charge >= 0.3 is 0 Å². The lowest BCUT2D eigenvalue weighted by molar-refractivity contribution is -0.120. The molecule has 28 heavy (non-hydrogen) atoms. The minimum atomic E-state index is -0.344. The molecule has 148 valence electrons. The number of amides is 1. The second kappa shape index (κ2) is 9.34. The molecule has 0 saturated carbocycles. The van der Waals surface area contributed by atoms with Gasteiger partial charge in [0.25, 0.3) is 0 Å². The van der Waals surface area contributed by atoms with Gasteiger partial charge in [-0.15, -0.1) is 21.5 Å².